The van der Waals surface area contributed by atoms with Crippen LogP contribution in [0.1, 0.15) is 36.0 Å². The van der Waals surface area contributed by atoms with E-state index in [4.69, 9.17) is 5.73 Å². The Kier molecular flexibility index (Phi) is 3.33. The van der Waals surface area contributed by atoms with Crippen LogP contribution in [-0.4, -0.2) is 6.54 Å². The molecule has 1 aliphatic carbocycles. The number of hydrogen-bond donors (Lipinski definition) is 1. The molecule has 0 fully saturated rings. The smallest absolute Gasteiger partial charge is 0.00773 e. The van der Waals surface area contributed by atoms with Gasteiger partial charge in [-0.1, -0.05) is 36.8 Å². The maximum Gasteiger partial charge on any atom is -0.00773 e. The minimum atomic E-state index is 0.823. The summed E-state index contributed by atoms with van der Waals surface area (Å²) in [5, 5.41) is 3.05. The summed E-state index contributed by atoms with van der Waals surface area (Å²) in [6.07, 6.45) is 7.31. The molecule has 1 heteroatoms. The van der Waals surface area contributed by atoms with E-state index in [1.807, 2.05) is 0 Å². The maximum absolute atomic E-state index is 5.55. The van der Waals surface area contributed by atoms with Gasteiger partial charge in [-0.3, -0.25) is 0 Å². The van der Waals surface area contributed by atoms with E-state index >= 15 is 0 Å². The number of nitrogens with two attached hydrogens (primary N) is 1. The average Bonchev–Trinajstić information content (AvgIpc) is 2.82. The van der Waals surface area contributed by atoms with E-state index in [0.717, 1.165) is 13.0 Å². The van der Waals surface area contributed by atoms with Gasteiger partial charge in [-0.2, -0.15) is 0 Å². The van der Waals surface area contributed by atoms with Crippen molar-refractivity contribution in [2.24, 2.45) is 5.73 Å². The highest BCUT2D eigenvalue weighted by atomic mass is 14.5. The molecule has 2 N–H and O–H groups in total. The minimum absolute atomic E-state index is 0.823. The van der Waals surface area contributed by atoms with Gasteiger partial charge < -0.3 is 5.73 Å². The number of aryl methyl sites for hydroxylation is 3. The van der Waals surface area contributed by atoms with E-state index in [1.165, 1.54) is 43.1 Å². The number of hydrogen-bond acceptors (Lipinski definition) is 1. The summed E-state index contributed by atoms with van der Waals surface area (Å²) in [6.45, 7) is 0.823. The molecule has 0 spiro atoms. The van der Waals surface area contributed by atoms with Gasteiger partial charge >= 0.3 is 0 Å². The maximum atomic E-state index is 5.55. The van der Waals surface area contributed by atoms with Gasteiger partial charge in [0.25, 0.3) is 0 Å². The molecule has 0 aliphatic heterocycles. The highest BCUT2D eigenvalue weighted by Crippen LogP contribution is 2.33. The third-order valence-corrected chi connectivity index (χ3v) is 4.12. The predicted octanol–water partition coefficient (Wildman–Crippen LogP) is 3.61. The molecule has 2 aromatic carbocycles. The summed E-state index contributed by atoms with van der Waals surface area (Å²) in [6, 6.07) is 11.5. The van der Waals surface area contributed by atoms with Gasteiger partial charge in [0.15, 0.2) is 0 Å². The molecule has 0 aromatic heterocycles. The molecule has 0 heterocycles. The molecule has 0 amide bonds. The number of unbranched alkanes of at least 4 members (excludes halogenated alkanes) is 2. The molecule has 0 atom stereocenters. The lowest BCUT2D eigenvalue weighted by atomic mass is 9.96. The third kappa shape index (κ3) is 2.04. The highest BCUT2D eigenvalue weighted by Gasteiger charge is 2.15. The van der Waals surface area contributed by atoms with Gasteiger partial charge in [-0.25, -0.2) is 0 Å². The molecule has 2 aromatic rings. The Morgan fingerprint density at radius 3 is 2.56 bits per heavy atom. The molecular weight excluding hydrogens is 218 g/mol. The van der Waals surface area contributed by atoms with Crippen molar-refractivity contribution in [1.29, 1.82) is 0 Å². The van der Waals surface area contributed by atoms with Crippen LogP contribution in [0, 0.1) is 0 Å². The van der Waals surface area contributed by atoms with Gasteiger partial charge in [-0.05, 0) is 66.1 Å². The topological polar surface area (TPSA) is 26.0 Å². The van der Waals surface area contributed by atoms with E-state index in [-0.39, 0.29) is 0 Å². The van der Waals surface area contributed by atoms with E-state index in [9.17, 15) is 0 Å². The fourth-order valence-corrected chi connectivity index (χ4v) is 3.16. The van der Waals surface area contributed by atoms with Crippen molar-refractivity contribution < 1.29 is 0 Å². The molecule has 0 bridgehead atoms. The fraction of sp³-hybridized carbons (Fsp3) is 0.412. The van der Waals surface area contributed by atoms with Crippen LogP contribution in [-0.2, 0) is 19.3 Å². The Labute approximate surface area is 109 Å². The highest BCUT2D eigenvalue weighted by molar-refractivity contribution is 5.93. The van der Waals surface area contributed by atoms with Crippen LogP contribution in [0.15, 0.2) is 30.3 Å². The molecule has 0 unspecified atom stereocenters. The SMILES string of the molecule is NCCCCCc1ccc2c3c(cccc13)CC2. The zero-order chi connectivity index (χ0) is 12.4. The first-order chi connectivity index (χ1) is 8.90. The van der Waals surface area contributed by atoms with Crippen molar-refractivity contribution in [2.45, 2.75) is 38.5 Å². The van der Waals surface area contributed by atoms with Gasteiger partial charge in [-0.15, -0.1) is 0 Å². The average molecular weight is 239 g/mol. The second-order valence-electron chi connectivity index (χ2n) is 5.32. The molecule has 94 valence electrons. The zero-order valence-electron chi connectivity index (χ0n) is 10.9. The molecule has 0 saturated carbocycles. The fourth-order valence-electron chi connectivity index (χ4n) is 3.16. The van der Waals surface area contributed by atoms with Crippen LogP contribution in [0.4, 0.5) is 0 Å². The predicted molar refractivity (Wildman–Crippen MR) is 78.0 cm³/mol. The lowest BCUT2D eigenvalue weighted by Crippen LogP contribution is -1.98. The van der Waals surface area contributed by atoms with E-state index in [1.54, 1.807) is 16.5 Å². The second kappa shape index (κ2) is 5.11. The first-order valence-corrected chi connectivity index (χ1v) is 7.12. The van der Waals surface area contributed by atoms with Crippen molar-refractivity contribution in [1.82, 2.24) is 0 Å². The Morgan fingerprint density at radius 1 is 0.889 bits per heavy atom. The molecule has 0 radical (unpaired) electrons. The molecule has 1 nitrogen and oxygen atoms in total. The van der Waals surface area contributed by atoms with Crippen molar-refractivity contribution in [3.05, 3.63) is 47.0 Å². The van der Waals surface area contributed by atoms with Gasteiger partial charge in [0.2, 0.25) is 0 Å². The molecule has 18 heavy (non-hydrogen) atoms. The Morgan fingerprint density at radius 2 is 1.72 bits per heavy atom. The zero-order valence-corrected chi connectivity index (χ0v) is 10.9. The first kappa shape index (κ1) is 11.7. The second-order valence-corrected chi connectivity index (χ2v) is 5.32. The minimum Gasteiger partial charge on any atom is -0.330 e. The molecule has 1 aliphatic rings. The summed E-state index contributed by atoms with van der Waals surface area (Å²) < 4.78 is 0. The summed E-state index contributed by atoms with van der Waals surface area (Å²) in [4.78, 5) is 0. The lowest BCUT2D eigenvalue weighted by molar-refractivity contribution is 0.688. The van der Waals surface area contributed by atoms with E-state index in [2.05, 4.69) is 30.3 Å². The van der Waals surface area contributed by atoms with Crippen LogP contribution in [0.25, 0.3) is 10.8 Å². The molecule has 3 rings (SSSR count). The quantitative estimate of drug-likeness (QED) is 0.792. The Bertz CT molecular complexity index is 547. The van der Waals surface area contributed by atoms with Crippen molar-refractivity contribution >= 4 is 10.8 Å². The van der Waals surface area contributed by atoms with Crippen LogP contribution in [0.2, 0.25) is 0 Å². The molecule has 0 saturated heterocycles. The lowest BCUT2D eigenvalue weighted by Gasteiger charge is -2.08. The summed E-state index contributed by atoms with van der Waals surface area (Å²) in [5.41, 5.74) is 10.2. The Hall–Kier alpha value is -1.34. The largest absolute Gasteiger partial charge is 0.330 e. The number of rotatable bonds is 5. The normalized spacial score (nSPS) is 13.4. The summed E-state index contributed by atoms with van der Waals surface area (Å²) in [7, 11) is 0. The first-order valence-electron chi connectivity index (χ1n) is 7.12. The van der Waals surface area contributed by atoms with Crippen LogP contribution < -0.4 is 5.73 Å². The standard InChI is InChI=1S/C17H21N/c18-12-3-1-2-5-13-8-9-15-11-10-14-6-4-7-16(13)17(14)15/h4,6-9H,1-3,5,10-12,18H2. The number of benzene rings is 2. The summed E-state index contributed by atoms with van der Waals surface area (Å²) >= 11 is 0. The van der Waals surface area contributed by atoms with Gasteiger partial charge in [0, 0.05) is 0 Å². The van der Waals surface area contributed by atoms with Crippen molar-refractivity contribution in [3.8, 4) is 0 Å². The molecular formula is C17H21N. The van der Waals surface area contributed by atoms with Crippen LogP contribution >= 0.6 is 0 Å². The third-order valence-electron chi connectivity index (χ3n) is 4.12. The van der Waals surface area contributed by atoms with E-state index < -0.39 is 0 Å². The van der Waals surface area contributed by atoms with Crippen LogP contribution in [0.5, 0.6) is 0 Å². The summed E-state index contributed by atoms with van der Waals surface area (Å²) in [5.74, 6) is 0. The van der Waals surface area contributed by atoms with Crippen molar-refractivity contribution in [2.75, 3.05) is 6.54 Å². The van der Waals surface area contributed by atoms with E-state index in [0.29, 0.717) is 0 Å². The van der Waals surface area contributed by atoms with Gasteiger partial charge in [0.05, 0.1) is 0 Å². The van der Waals surface area contributed by atoms with Crippen molar-refractivity contribution in [3.63, 3.8) is 0 Å². The Balaban J connectivity index is 1.89. The van der Waals surface area contributed by atoms with Crippen LogP contribution in [0.3, 0.4) is 0 Å². The van der Waals surface area contributed by atoms with Gasteiger partial charge in [0.1, 0.15) is 0 Å². The monoisotopic (exact) mass is 239 g/mol.